The zero-order chi connectivity index (χ0) is 10.9. The lowest BCUT2D eigenvalue weighted by molar-refractivity contribution is 0.723. The summed E-state index contributed by atoms with van der Waals surface area (Å²) in [4.78, 5) is 0. The van der Waals surface area contributed by atoms with Gasteiger partial charge in [0, 0.05) is 11.1 Å². The molecule has 0 fully saturated rings. The zero-order valence-electron chi connectivity index (χ0n) is 9.04. The maximum absolute atomic E-state index is 5.97. The lowest BCUT2D eigenvalue weighted by Crippen LogP contribution is -2.40. The molecule has 78 valence electrons. The van der Waals surface area contributed by atoms with Crippen LogP contribution < -0.4 is 5.73 Å². The molecule has 3 nitrogen and oxygen atoms in total. The Morgan fingerprint density at radius 2 is 2.13 bits per heavy atom. The largest absolute Gasteiger partial charge is 0.329 e. The first-order valence-corrected chi connectivity index (χ1v) is 6.23. The van der Waals surface area contributed by atoms with Crippen molar-refractivity contribution in [2.75, 3.05) is 0 Å². The Labute approximate surface area is 91.9 Å². The zero-order valence-corrected chi connectivity index (χ0v) is 10.0. The molecule has 2 aromatic rings. The maximum Gasteiger partial charge on any atom is 0.0923 e. The second kappa shape index (κ2) is 3.79. The number of aromatic nitrogens is 2. The molecule has 2 radical (unpaired) electrons. The van der Waals surface area contributed by atoms with E-state index in [0.29, 0.717) is 9.52 Å². The molecule has 1 heterocycles. The van der Waals surface area contributed by atoms with Crippen molar-refractivity contribution in [1.82, 2.24) is 10.2 Å². The second-order valence-electron chi connectivity index (χ2n) is 4.29. The van der Waals surface area contributed by atoms with Gasteiger partial charge in [-0.25, -0.2) is 0 Å². The molecule has 0 aliphatic carbocycles. The Morgan fingerprint density at radius 3 is 2.87 bits per heavy atom. The van der Waals surface area contributed by atoms with Gasteiger partial charge in [0.25, 0.3) is 0 Å². The molecule has 1 aromatic carbocycles. The van der Waals surface area contributed by atoms with Crippen LogP contribution in [0.2, 0.25) is 0 Å². The van der Waals surface area contributed by atoms with Crippen molar-refractivity contribution in [2.24, 2.45) is 5.73 Å². The molecule has 0 spiro atoms. The predicted octanol–water partition coefficient (Wildman–Crippen LogP) is 1.46. The third-order valence-electron chi connectivity index (χ3n) is 2.26. The quantitative estimate of drug-likeness (QED) is 0.765. The van der Waals surface area contributed by atoms with E-state index >= 15 is 0 Å². The van der Waals surface area contributed by atoms with Crippen LogP contribution in [0.3, 0.4) is 0 Å². The van der Waals surface area contributed by atoms with Crippen LogP contribution in [-0.4, -0.2) is 24.9 Å². The molecule has 3 N–H and O–H groups in total. The van der Waals surface area contributed by atoms with E-state index in [-0.39, 0.29) is 5.16 Å². The van der Waals surface area contributed by atoms with Gasteiger partial charge in [0.1, 0.15) is 0 Å². The number of nitrogens with two attached hydrogens (primary N) is 1. The summed E-state index contributed by atoms with van der Waals surface area (Å²) in [5.41, 5.74) is 8.21. The van der Waals surface area contributed by atoms with E-state index in [1.807, 2.05) is 18.2 Å². The molecule has 2 rings (SSSR count). The lowest BCUT2D eigenvalue weighted by atomic mass is 10.2. The Balaban J connectivity index is 2.22. The number of rotatable bonds is 3. The first-order valence-electron chi connectivity index (χ1n) is 5.02. The number of para-hydroxylation sites is 1. The third-order valence-corrected chi connectivity index (χ3v) is 3.70. The number of H-pyrrole nitrogens is 1. The fourth-order valence-corrected chi connectivity index (χ4v) is 2.37. The van der Waals surface area contributed by atoms with Crippen LogP contribution in [0.1, 0.15) is 19.5 Å². The average molecular weight is 217 g/mol. The number of nitrogens with zero attached hydrogens (tertiary/aromatic N) is 1. The summed E-state index contributed by atoms with van der Waals surface area (Å²) in [5.74, 6) is 0. The molecular formula is C11H15N3Si. The number of aromatic amines is 1. The summed E-state index contributed by atoms with van der Waals surface area (Å²) in [7, 11) is 0.706. The van der Waals surface area contributed by atoms with Crippen molar-refractivity contribution in [1.29, 1.82) is 0 Å². The van der Waals surface area contributed by atoms with Gasteiger partial charge in [-0.05, 0) is 17.3 Å². The fraction of sp³-hybridized carbons (Fsp3) is 0.364. The fourth-order valence-electron chi connectivity index (χ4n) is 1.47. The summed E-state index contributed by atoms with van der Waals surface area (Å²) in [6.45, 7) is 4.12. The van der Waals surface area contributed by atoms with Crippen molar-refractivity contribution in [3.63, 3.8) is 0 Å². The summed E-state index contributed by atoms with van der Waals surface area (Å²) < 4.78 is 0. The van der Waals surface area contributed by atoms with Crippen LogP contribution in [0.5, 0.6) is 0 Å². The molecule has 15 heavy (non-hydrogen) atoms. The van der Waals surface area contributed by atoms with E-state index in [2.05, 4.69) is 30.1 Å². The highest BCUT2D eigenvalue weighted by Gasteiger charge is 2.13. The topological polar surface area (TPSA) is 54.7 Å². The molecule has 0 aliphatic heterocycles. The van der Waals surface area contributed by atoms with Gasteiger partial charge in [-0.3, -0.25) is 5.10 Å². The highest BCUT2D eigenvalue weighted by Crippen LogP contribution is 2.15. The summed E-state index contributed by atoms with van der Waals surface area (Å²) in [6, 6.07) is 9.14. The number of fused-ring (bicyclic) bond motifs is 1. The van der Waals surface area contributed by atoms with E-state index in [9.17, 15) is 0 Å². The molecule has 0 bridgehead atoms. The van der Waals surface area contributed by atoms with Gasteiger partial charge in [-0.2, -0.15) is 5.10 Å². The van der Waals surface area contributed by atoms with Gasteiger partial charge in [0.2, 0.25) is 0 Å². The number of benzene rings is 1. The highest BCUT2D eigenvalue weighted by molar-refractivity contribution is 6.39. The van der Waals surface area contributed by atoms with Crippen molar-refractivity contribution in [2.45, 2.75) is 25.1 Å². The molecule has 0 unspecified atom stereocenters. The van der Waals surface area contributed by atoms with E-state index < -0.39 is 0 Å². The van der Waals surface area contributed by atoms with E-state index in [0.717, 1.165) is 11.6 Å². The summed E-state index contributed by atoms with van der Waals surface area (Å²) in [6.07, 6.45) is 0. The summed E-state index contributed by atoms with van der Waals surface area (Å²) >= 11 is 0. The first-order chi connectivity index (χ1) is 7.06. The van der Waals surface area contributed by atoms with Gasteiger partial charge in [0.05, 0.1) is 15.0 Å². The smallest absolute Gasteiger partial charge is 0.0923 e. The standard InChI is InChI=1S/C11H15N3Si/c1-11(2,12)15-7-10-8-5-3-4-6-9(8)13-14-10/h3-6H,7,12H2,1-2H3,(H,13,14). The minimum Gasteiger partial charge on any atom is -0.329 e. The van der Waals surface area contributed by atoms with E-state index in [4.69, 9.17) is 5.73 Å². The van der Waals surface area contributed by atoms with Crippen LogP contribution in [0.15, 0.2) is 24.3 Å². The van der Waals surface area contributed by atoms with Crippen molar-refractivity contribution in [3.8, 4) is 0 Å². The maximum atomic E-state index is 5.97. The number of hydrogen-bond donors (Lipinski definition) is 2. The molecule has 4 heteroatoms. The Kier molecular flexibility index (Phi) is 2.62. The van der Waals surface area contributed by atoms with Crippen LogP contribution in [-0.2, 0) is 6.04 Å². The van der Waals surface area contributed by atoms with Crippen LogP contribution in [0.25, 0.3) is 10.9 Å². The summed E-state index contributed by atoms with van der Waals surface area (Å²) in [5, 5.41) is 8.47. The van der Waals surface area contributed by atoms with Crippen LogP contribution >= 0.6 is 0 Å². The van der Waals surface area contributed by atoms with Crippen molar-refractivity contribution >= 4 is 20.4 Å². The first kappa shape index (κ1) is 10.4. The minimum absolute atomic E-state index is 0.0911. The molecular weight excluding hydrogens is 202 g/mol. The molecule has 0 aliphatic rings. The Bertz CT molecular complexity index is 456. The normalized spacial score (nSPS) is 12.2. The van der Waals surface area contributed by atoms with E-state index in [1.165, 1.54) is 11.1 Å². The van der Waals surface area contributed by atoms with Crippen molar-refractivity contribution < 1.29 is 0 Å². The predicted molar refractivity (Wildman–Crippen MR) is 63.8 cm³/mol. The monoisotopic (exact) mass is 217 g/mol. The Hall–Kier alpha value is -1.13. The molecule has 0 saturated heterocycles. The molecule has 0 amide bonds. The molecule has 0 saturated carbocycles. The van der Waals surface area contributed by atoms with Crippen molar-refractivity contribution in [3.05, 3.63) is 30.0 Å². The average Bonchev–Trinajstić information content (AvgIpc) is 2.57. The van der Waals surface area contributed by atoms with Gasteiger partial charge < -0.3 is 5.73 Å². The SMILES string of the molecule is CC(C)(N)[Si]Cc1[nH]nc2ccccc12. The van der Waals surface area contributed by atoms with Crippen LogP contribution in [0, 0.1) is 0 Å². The second-order valence-corrected chi connectivity index (χ2v) is 6.29. The molecule has 1 aromatic heterocycles. The highest BCUT2D eigenvalue weighted by atomic mass is 28.2. The van der Waals surface area contributed by atoms with Gasteiger partial charge in [0.15, 0.2) is 0 Å². The lowest BCUT2D eigenvalue weighted by Gasteiger charge is -2.16. The third kappa shape index (κ3) is 2.46. The van der Waals surface area contributed by atoms with Gasteiger partial charge in [-0.15, -0.1) is 0 Å². The number of hydrogen-bond acceptors (Lipinski definition) is 2. The minimum atomic E-state index is -0.0911. The van der Waals surface area contributed by atoms with E-state index in [1.54, 1.807) is 0 Å². The Morgan fingerprint density at radius 1 is 1.40 bits per heavy atom. The van der Waals surface area contributed by atoms with Crippen LogP contribution in [0.4, 0.5) is 0 Å². The van der Waals surface area contributed by atoms with Gasteiger partial charge in [-0.1, -0.05) is 32.0 Å². The molecule has 0 atom stereocenters. The number of nitrogens with one attached hydrogen (secondary N) is 1. The van der Waals surface area contributed by atoms with Gasteiger partial charge >= 0.3 is 0 Å².